The quantitative estimate of drug-likeness (QED) is 0.148. The van der Waals surface area contributed by atoms with Gasteiger partial charge in [0, 0.05) is 36.5 Å². The van der Waals surface area contributed by atoms with E-state index in [0.717, 1.165) is 12.1 Å². The van der Waals surface area contributed by atoms with Crippen molar-refractivity contribution in [3.05, 3.63) is 64.2 Å². The number of anilines is 1. The summed E-state index contributed by atoms with van der Waals surface area (Å²) in [6, 6.07) is 8.72. The van der Waals surface area contributed by atoms with Gasteiger partial charge in [0.25, 0.3) is 11.6 Å². The summed E-state index contributed by atoms with van der Waals surface area (Å²) in [6.07, 6.45) is -3.40. The lowest BCUT2D eigenvalue weighted by Crippen LogP contribution is -2.51. The Morgan fingerprint density at radius 2 is 1.48 bits per heavy atom. The molecule has 1 heterocycles. The van der Waals surface area contributed by atoms with Crippen LogP contribution in [0.1, 0.15) is 46.3 Å². The van der Waals surface area contributed by atoms with Crippen molar-refractivity contribution in [3.8, 4) is 5.75 Å². The van der Waals surface area contributed by atoms with Crippen molar-refractivity contribution in [2.45, 2.75) is 58.4 Å². The number of morpholine rings is 1. The van der Waals surface area contributed by atoms with Crippen LogP contribution in [-0.2, 0) is 28.6 Å². The topological polar surface area (TPSA) is 205 Å². The summed E-state index contributed by atoms with van der Waals surface area (Å²) in [7, 11) is 0. The first-order valence-electron chi connectivity index (χ1n) is 14.3. The molecular formula is C30H37N5O11. The van der Waals surface area contributed by atoms with Gasteiger partial charge >= 0.3 is 12.2 Å². The van der Waals surface area contributed by atoms with Crippen molar-refractivity contribution < 1.29 is 47.8 Å². The molecule has 1 aliphatic heterocycles. The van der Waals surface area contributed by atoms with E-state index in [2.05, 4.69) is 16.0 Å². The number of nitro benzene ring substituents is 1. The number of amides is 4. The lowest BCUT2D eigenvalue weighted by molar-refractivity contribution is -0.384. The highest BCUT2D eigenvalue weighted by molar-refractivity contribution is 5.98. The van der Waals surface area contributed by atoms with Gasteiger partial charge in [0.05, 0.1) is 18.1 Å². The molecular weight excluding hydrogens is 606 g/mol. The fourth-order valence-electron chi connectivity index (χ4n) is 4.01. The molecule has 2 aromatic rings. The third-order valence-electron chi connectivity index (χ3n) is 6.37. The van der Waals surface area contributed by atoms with Crippen molar-refractivity contribution in [2.75, 3.05) is 31.6 Å². The van der Waals surface area contributed by atoms with Gasteiger partial charge in [-0.3, -0.25) is 24.5 Å². The van der Waals surface area contributed by atoms with Crippen LogP contribution >= 0.6 is 0 Å². The van der Waals surface area contributed by atoms with Crippen LogP contribution in [0, 0.1) is 10.1 Å². The minimum atomic E-state index is -1.41. The summed E-state index contributed by atoms with van der Waals surface area (Å²) < 4.78 is 21.0. The molecule has 1 fully saturated rings. The number of rotatable bonds is 10. The predicted octanol–water partition coefficient (Wildman–Crippen LogP) is 3.07. The number of nitrogens with zero attached hydrogens (tertiary/aromatic N) is 2. The van der Waals surface area contributed by atoms with Gasteiger partial charge in [-0.1, -0.05) is 12.1 Å². The summed E-state index contributed by atoms with van der Waals surface area (Å²) in [6.45, 7) is 9.13. The monoisotopic (exact) mass is 643 g/mol. The molecule has 248 valence electrons. The number of hydrogen-bond donors (Lipinski definition) is 3. The first-order valence-corrected chi connectivity index (χ1v) is 14.3. The van der Waals surface area contributed by atoms with E-state index < -0.39 is 58.7 Å². The van der Waals surface area contributed by atoms with E-state index in [9.17, 15) is 34.1 Å². The molecule has 0 bridgehead atoms. The first kappa shape index (κ1) is 35.2. The zero-order valence-electron chi connectivity index (χ0n) is 26.1. The molecule has 1 unspecified atom stereocenters. The molecule has 3 atom stereocenters. The van der Waals surface area contributed by atoms with Crippen molar-refractivity contribution in [2.24, 2.45) is 0 Å². The van der Waals surface area contributed by atoms with Gasteiger partial charge in [-0.2, -0.15) is 0 Å². The van der Waals surface area contributed by atoms with Crippen LogP contribution in [0.5, 0.6) is 5.75 Å². The molecule has 4 amide bonds. The molecule has 0 saturated carbocycles. The number of nitrogens with one attached hydrogen (secondary N) is 3. The average Bonchev–Trinajstić information content (AvgIpc) is 2.99. The number of hydrogen-bond acceptors (Lipinski definition) is 11. The number of nitro groups is 1. The molecule has 16 heteroatoms. The number of benzene rings is 2. The van der Waals surface area contributed by atoms with Gasteiger partial charge in [-0.05, 0) is 58.9 Å². The third kappa shape index (κ3) is 10.7. The van der Waals surface area contributed by atoms with Crippen LogP contribution < -0.4 is 20.7 Å². The molecule has 0 radical (unpaired) electrons. The maximum absolute atomic E-state index is 13.4. The molecule has 0 spiro atoms. The van der Waals surface area contributed by atoms with Crippen LogP contribution in [0.3, 0.4) is 0 Å². The largest absolute Gasteiger partial charge is 0.514 e. The van der Waals surface area contributed by atoms with Gasteiger partial charge in [-0.25, -0.2) is 9.59 Å². The highest BCUT2D eigenvalue weighted by Gasteiger charge is 2.32. The third-order valence-corrected chi connectivity index (χ3v) is 6.37. The van der Waals surface area contributed by atoms with Crippen LogP contribution in [0.2, 0.25) is 0 Å². The molecule has 0 aromatic heterocycles. The zero-order valence-corrected chi connectivity index (χ0v) is 26.1. The summed E-state index contributed by atoms with van der Waals surface area (Å²) in [5.74, 6) is -1.71. The summed E-state index contributed by atoms with van der Waals surface area (Å²) in [4.78, 5) is 75.0. The normalized spacial score (nSPS) is 14.9. The predicted molar refractivity (Wildman–Crippen MR) is 162 cm³/mol. The Bertz CT molecular complexity index is 1420. The average molecular weight is 644 g/mol. The van der Waals surface area contributed by atoms with E-state index in [1.165, 1.54) is 55.1 Å². The Labute approximate surface area is 264 Å². The summed E-state index contributed by atoms with van der Waals surface area (Å²) in [5, 5.41) is 18.4. The van der Waals surface area contributed by atoms with Crippen LogP contribution in [0.15, 0.2) is 48.5 Å². The fourth-order valence-corrected chi connectivity index (χ4v) is 4.01. The van der Waals surface area contributed by atoms with Gasteiger partial charge in [0.1, 0.15) is 23.4 Å². The Hall–Kier alpha value is -5.25. The van der Waals surface area contributed by atoms with Gasteiger partial charge < -0.3 is 39.8 Å². The van der Waals surface area contributed by atoms with Crippen molar-refractivity contribution in [1.29, 1.82) is 0 Å². The second-order valence-corrected chi connectivity index (χ2v) is 11.2. The van der Waals surface area contributed by atoms with Gasteiger partial charge in [0.15, 0.2) is 0 Å². The molecule has 0 aliphatic carbocycles. The van der Waals surface area contributed by atoms with E-state index in [1.807, 2.05) is 0 Å². The second-order valence-electron chi connectivity index (χ2n) is 11.2. The van der Waals surface area contributed by atoms with Crippen molar-refractivity contribution in [1.82, 2.24) is 15.5 Å². The standard InChI is InChI=1S/C30H37N5O11/c1-18(31-25(36)19(2)32-28(39)46-30(3,4)5)26(37)33-21-8-6-20(7-9-21)24(27(38)34-14-16-43-17-15-34)45-29(40)44-23-12-10-22(11-13-23)35(41)42/h6-13,18-19,24H,14-17H2,1-5H3,(H,31,36)(H,32,39)(H,33,37)/t18-,19-,24?/m0/s1. The lowest BCUT2D eigenvalue weighted by atomic mass is 10.1. The minimum absolute atomic E-state index is 0.0255. The van der Waals surface area contributed by atoms with Crippen LogP contribution in [0.4, 0.5) is 21.0 Å². The highest BCUT2D eigenvalue weighted by Crippen LogP contribution is 2.25. The Morgan fingerprint density at radius 1 is 0.891 bits per heavy atom. The van der Waals surface area contributed by atoms with E-state index in [4.69, 9.17) is 18.9 Å². The molecule has 46 heavy (non-hydrogen) atoms. The number of ether oxygens (including phenoxy) is 4. The van der Waals surface area contributed by atoms with Crippen LogP contribution in [0.25, 0.3) is 0 Å². The Balaban J connectivity index is 1.64. The molecule has 16 nitrogen and oxygen atoms in total. The molecule has 1 saturated heterocycles. The second kappa shape index (κ2) is 15.7. The van der Waals surface area contributed by atoms with Gasteiger partial charge in [0.2, 0.25) is 17.9 Å². The number of carbonyl (C=O) groups is 5. The summed E-state index contributed by atoms with van der Waals surface area (Å²) in [5.41, 5.74) is -0.349. The molecule has 3 N–H and O–H groups in total. The Kier molecular flexibility index (Phi) is 12.0. The smallest absolute Gasteiger partial charge is 0.444 e. The molecule has 3 rings (SSSR count). The van der Waals surface area contributed by atoms with E-state index in [1.54, 1.807) is 20.8 Å². The number of carbonyl (C=O) groups excluding carboxylic acids is 5. The lowest BCUT2D eigenvalue weighted by Gasteiger charge is -2.30. The zero-order chi connectivity index (χ0) is 34.0. The maximum Gasteiger partial charge on any atom is 0.514 e. The number of alkyl carbamates (subject to hydrolysis) is 1. The molecule has 2 aromatic carbocycles. The maximum atomic E-state index is 13.4. The Morgan fingerprint density at radius 3 is 2.04 bits per heavy atom. The SMILES string of the molecule is C[C@H](NC(=O)OC(C)(C)C)C(=O)N[C@@H](C)C(=O)Nc1ccc(C(OC(=O)Oc2ccc([N+](=O)[O-])cc2)C(=O)N2CCOCC2)cc1. The highest BCUT2D eigenvalue weighted by atomic mass is 16.7. The number of non-ortho nitro benzene ring substituents is 1. The van der Waals surface area contributed by atoms with Gasteiger partial charge in [-0.15, -0.1) is 0 Å². The molecule has 1 aliphatic rings. The first-order chi connectivity index (χ1) is 21.6. The fraction of sp³-hybridized carbons (Fsp3) is 0.433. The van der Waals surface area contributed by atoms with Crippen molar-refractivity contribution in [3.63, 3.8) is 0 Å². The minimum Gasteiger partial charge on any atom is -0.444 e. The van der Waals surface area contributed by atoms with E-state index in [-0.39, 0.29) is 30.1 Å². The summed E-state index contributed by atoms with van der Waals surface area (Å²) >= 11 is 0. The van der Waals surface area contributed by atoms with E-state index >= 15 is 0 Å². The van der Waals surface area contributed by atoms with Crippen LogP contribution in [-0.4, -0.2) is 83.8 Å². The van der Waals surface area contributed by atoms with Crippen molar-refractivity contribution >= 4 is 41.3 Å². The van der Waals surface area contributed by atoms with E-state index in [0.29, 0.717) is 18.9 Å².